The first kappa shape index (κ1) is 17.7. The topological polar surface area (TPSA) is 73.3 Å². The lowest BCUT2D eigenvalue weighted by Crippen LogP contribution is -2.15. The summed E-state index contributed by atoms with van der Waals surface area (Å²) in [6, 6.07) is 16.1. The second kappa shape index (κ2) is 8.31. The third kappa shape index (κ3) is 4.49. The summed E-state index contributed by atoms with van der Waals surface area (Å²) in [6.07, 6.45) is 1.28. The summed E-state index contributed by atoms with van der Waals surface area (Å²) in [5, 5.41) is 3.21. The molecule has 0 unspecified atom stereocenters. The summed E-state index contributed by atoms with van der Waals surface area (Å²) in [7, 11) is 1.51. The zero-order valence-electron chi connectivity index (χ0n) is 14.0. The van der Waals surface area contributed by atoms with E-state index >= 15 is 0 Å². The molecule has 132 valence electrons. The third-order valence-electron chi connectivity index (χ3n) is 3.51. The van der Waals surface area contributed by atoms with Gasteiger partial charge < -0.3 is 14.8 Å². The van der Waals surface area contributed by atoms with Crippen LogP contribution in [0.15, 0.2) is 60.9 Å². The number of hydrogen-bond acceptors (Lipinski definition) is 5. The molecule has 1 aromatic heterocycles. The number of amides is 1. The van der Waals surface area contributed by atoms with E-state index in [-0.39, 0.29) is 5.69 Å². The van der Waals surface area contributed by atoms with E-state index in [1.165, 1.54) is 19.5 Å². The maximum atomic E-state index is 12.5. The van der Waals surface area contributed by atoms with Gasteiger partial charge in [0.2, 0.25) is 5.88 Å². The number of ether oxygens (including phenoxy) is 2. The SMILES string of the molecule is COc1ccc(Cl)cc1NC(=O)c1cc(OCc2ccccc2)ncn1. The predicted octanol–water partition coefficient (Wildman–Crippen LogP) is 3.97. The van der Waals surface area contributed by atoms with Gasteiger partial charge in [-0.3, -0.25) is 4.79 Å². The molecule has 0 radical (unpaired) electrons. The second-order valence-electron chi connectivity index (χ2n) is 5.31. The van der Waals surface area contributed by atoms with Gasteiger partial charge in [0.05, 0.1) is 12.8 Å². The highest BCUT2D eigenvalue weighted by atomic mass is 35.5. The van der Waals surface area contributed by atoms with E-state index in [1.54, 1.807) is 18.2 Å². The monoisotopic (exact) mass is 369 g/mol. The average molecular weight is 370 g/mol. The molecule has 3 rings (SSSR count). The average Bonchev–Trinajstić information content (AvgIpc) is 2.67. The van der Waals surface area contributed by atoms with Crippen molar-refractivity contribution in [2.75, 3.05) is 12.4 Å². The summed E-state index contributed by atoms with van der Waals surface area (Å²) in [5.74, 6) is 0.391. The summed E-state index contributed by atoms with van der Waals surface area (Å²) < 4.78 is 10.8. The first-order chi connectivity index (χ1) is 12.7. The first-order valence-electron chi connectivity index (χ1n) is 7.79. The number of nitrogens with zero attached hydrogens (tertiary/aromatic N) is 2. The molecule has 6 nitrogen and oxygen atoms in total. The third-order valence-corrected chi connectivity index (χ3v) is 3.75. The van der Waals surface area contributed by atoms with E-state index in [2.05, 4.69) is 15.3 Å². The van der Waals surface area contributed by atoms with Crippen LogP contribution in [0.2, 0.25) is 5.02 Å². The number of carbonyl (C=O) groups is 1. The number of carbonyl (C=O) groups excluding carboxylic acids is 1. The van der Waals surface area contributed by atoms with Crippen molar-refractivity contribution in [3.05, 3.63) is 77.2 Å². The van der Waals surface area contributed by atoms with Gasteiger partial charge in [-0.25, -0.2) is 9.97 Å². The molecule has 3 aromatic rings. The maximum Gasteiger partial charge on any atom is 0.274 e. The van der Waals surface area contributed by atoms with Crippen LogP contribution < -0.4 is 14.8 Å². The highest BCUT2D eigenvalue weighted by Crippen LogP contribution is 2.28. The van der Waals surface area contributed by atoms with Crippen LogP contribution in [0.4, 0.5) is 5.69 Å². The Morgan fingerprint density at radius 2 is 1.92 bits per heavy atom. The molecular formula is C19H16ClN3O3. The largest absolute Gasteiger partial charge is 0.495 e. The van der Waals surface area contributed by atoms with Gasteiger partial charge in [-0.2, -0.15) is 0 Å². The van der Waals surface area contributed by atoms with Crippen LogP contribution in [0.3, 0.4) is 0 Å². The molecule has 0 aliphatic heterocycles. The Labute approximate surface area is 155 Å². The molecule has 0 fully saturated rings. The Balaban J connectivity index is 1.71. The van der Waals surface area contributed by atoms with Gasteiger partial charge >= 0.3 is 0 Å². The number of hydrogen-bond donors (Lipinski definition) is 1. The highest BCUT2D eigenvalue weighted by molar-refractivity contribution is 6.31. The molecule has 1 heterocycles. The van der Waals surface area contributed by atoms with Crippen molar-refractivity contribution in [2.45, 2.75) is 6.61 Å². The molecule has 1 N–H and O–H groups in total. The van der Waals surface area contributed by atoms with E-state index < -0.39 is 5.91 Å². The molecular weight excluding hydrogens is 354 g/mol. The lowest BCUT2D eigenvalue weighted by Gasteiger charge is -2.11. The Bertz CT molecular complexity index is 904. The first-order valence-corrected chi connectivity index (χ1v) is 8.17. The minimum absolute atomic E-state index is 0.171. The summed E-state index contributed by atoms with van der Waals surface area (Å²) in [5.41, 5.74) is 1.63. The van der Waals surface area contributed by atoms with Crippen molar-refractivity contribution < 1.29 is 14.3 Å². The van der Waals surface area contributed by atoms with Crippen molar-refractivity contribution in [3.8, 4) is 11.6 Å². The number of anilines is 1. The highest BCUT2D eigenvalue weighted by Gasteiger charge is 2.13. The van der Waals surface area contributed by atoms with Crippen LogP contribution in [0.1, 0.15) is 16.1 Å². The minimum Gasteiger partial charge on any atom is -0.495 e. The molecule has 1 amide bonds. The van der Waals surface area contributed by atoms with E-state index in [9.17, 15) is 4.79 Å². The Morgan fingerprint density at radius 3 is 2.69 bits per heavy atom. The normalized spacial score (nSPS) is 10.2. The predicted molar refractivity (Wildman–Crippen MR) is 98.8 cm³/mol. The standard InChI is InChI=1S/C19H16ClN3O3/c1-25-17-8-7-14(20)9-15(17)23-19(24)16-10-18(22-12-21-16)26-11-13-5-3-2-4-6-13/h2-10,12H,11H2,1H3,(H,23,24). The van der Waals surface area contributed by atoms with Crippen LogP contribution in [-0.4, -0.2) is 23.0 Å². The van der Waals surface area contributed by atoms with Gasteiger partial charge in [-0.05, 0) is 23.8 Å². The molecule has 7 heteroatoms. The van der Waals surface area contributed by atoms with E-state index in [0.29, 0.717) is 28.9 Å². The smallest absolute Gasteiger partial charge is 0.274 e. The van der Waals surface area contributed by atoms with Crippen molar-refractivity contribution in [3.63, 3.8) is 0 Å². The lowest BCUT2D eigenvalue weighted by molar-refractivity contribution is 0.102. The number of aromatic nitrogens is 2. The molecule has 2 aromatic carbocycles. The quantitative estimate of drug-likeness (QED) is 0.711. The molecule has 0 saturated carbocycles. The molecule has 0 atom stereocenters. The number of halogens is 1. The fraction of sp³-hybridized carbons (Fsp3) is 0.105. The van der Waals surface area contributed by atoms with E-state index in [1.807, 2.05) is 30.3 Å². The number of benzene rings is 2. The van der Waals surface area contributed by atoms with Gasteiger partial charge in [-0.15, -0.1) is 0 Å². The van der Waals surface area contributed by atoms with Crippen LogP contribution >= 0.6 is 11.6 Å². The summed E-state index contributed by atoms with van der Waals surface area (Å²) in [6.45, 7) is 0.348. The van der Waals surface area contributed by atoms with Crippen LogP contribution in [0.5, 0.6) is 11.6 Å². The van der Waals surface area contributed by atoms with Crippen molar-refractivity contribution in [1.29, 1.82) is 0 Å². The molecule has 0 bridgehead atoms. The fourth-order valence-corrected chi connectivity index (χ4v) is 2.41. The van der Waals surface area contributed by atoms with Gasteiger partial charge in [0.25, 0.3) is 5.91 Å². The molecule has 26 heavy (non-hydrogen) atoms. The zero-order chi connectivity index (χ0) is 18.4. The molecule has 0 aliphatic carbocycles. The second-order valence-corrected chi connectivity index (χ2v) is 5.75. The van der Waals surface area contributed by atoms with Crippen LogP contribution in [0.25, 0.3) is 0 Å². The van der Waals surface area contributed by atoms with Crippen LogP contribution in [0, 0.1) is 0 Å². The fourth-order valence-electron chi connectivity index (χ4n) is 2.24. The summed E-state index contributed by atoms with van der Waals surface area (Å²) >= 11 is 5.98. The molecule has 0 saturated heterocycles. The van der Waals surface area contributed by atoms with Gasteiger partial charge in [0, 0.05) is 11.1 Å². The Hall–Kier alpha value is -3.12. The van der Waals surface area contributed by atoms with Gasteiger partial charge in [0.15, 0.2) is 0 Å². The Morgan fingerprint density at radius 1 is 1.12 bits per heavy atom. The number of methoxy groups -OCH3 is 1. The molecule has 0 aliphatic rings. The van der Waals surface area contributed by atoms with Crippen LogP contribution in [-0.2, 0) is 6.61 Å². The maximum absolute atomic E-state index is 12.5. The van der Waals surface area contributed by atoms with Crippen molar-refractivity contribution in [2.24, 2.45) is 0 Å². The number of nitrogens with one attached hydrogen (secondary N) is 1. The number of rotatable bonds is 6. The lowest BCUT2D eigenvalue weighted by atomic mass is 10.2. The minimum atomic E-state index is -0.419. The summed E-state index contributed by atoms with van der Waals surface area (Å²) in [4.78, 5) is 20.5. The molecule has 0 spiro atoms. The van der Waals surface area contributed by atoms with Gasteiger partial charge in [-0.1, -0.05) is 41.9 Å². The van der Waals surface area contributed by atoms with E-state index in [0.717, 1.165) is 5.56 Å². The van der Waals surface area contributed by atoms with Crippen molar-refractivity contribution >= 4 is 23.2 Å². The van der Waals surface area contributed by atoms with Gasteiger partial charge in [0.1, 0.15) is 24.4 Å². The zero-order valence-corrected chi connectivity index (χ0v) is 14.7. The Kier molecular flexibility index (Phi) is 5.66. The van der Waals surface area contributed by atoms with E-state index in [4.69, 9.17) is 21.1 Å². The van der Waals surface area contributed by atoms with Crippen molar-refractivity contribution in [1.82, 2.24) is 9.97 Å².